The Morgan fingerprint density at radius 2 is 0.842 bits per heavy atom. The minimum Gasteiger partial charge on any atom is -0.464 e. The Kier molecular flexibility index (Phi) is 5.35. The first-order valence-corrected chi connectivity index (χ1v) is 13.0. The average molecular weight is 491 g/mol. The van der Waals surface area contributed by atoms with E-state index in [0.717, 1.165) is 33.0 Å². The summed E-state index contributed by atoms with van der Waals surface area (Å²) in [7, 11) is 0. The third-order valence-electron chi connectivity index (χ3n) is 7.42. The summed E-state index contributed by atoms with van der Waals surface area (Å²) in [6.07, 6.45) is -0.964. The van der Waals surface area contributed by atoms with Gasteiger partial charge in [-0.25, -0.2) is 0 Å². The molecule has 2 nitrogen and oxygen atoms in total. The van der Waals surface area contributed by atoms with Crippen molar-refractivity contribution in [1.82, 2.24) is 0 Å². The molecule has 1 atom stereocenters. The molecule has 7 rings (SSSR count). The summed E-state index contributed by atoms with van der Waals surface area (Å²) in [5, 5.41) is 20.0. The van der Waals surface area contributed by atoms with Crippen molar-refractivity contribution in [3.8, 4) is 28.0 Å². The van der Waals surface area contributed by atoms with Crippen molar-refractivity contribution in [2.45, 2.75) is 13.2 Å². The van der Waals surface area contributed by atoms with Crippen LogP contribution in [-0.2, 0) is 0 Å². The zero-order valence-corrected chi connectivity index (χ0v) is 21.1. The van der Waals surface area contributed by atoms with Crippen molar-refractivity contribution in [3.05, 3.63) is 127 Å². The minimum atomic E-state index is -0.964. The van der Waals surface area contributed by atoms with Crippen LogP contribution in [0.5, 0.6) is 5.75 Å². The zero-order chi connectivity index (χ0) is 25.6. The van der Waals surface area contributed by atoms with E-state index in [1.54, 1.807) is 6.92 Å². The number of para-hydroxylation sites is 1. The Bertz CT molecular complexity index is 1850. The van der Waals surface area contributed by atoms with Gasteiger partial charge in [-0.1, -0.05) is 115 Å². The predicted molar refractivity (Wildman–Crippen MR) is 160 cm³/mol. The Balaban J connectivity index is 1.58. The van der Waals surface area contributed by atoms with Crippen molar-refractivity contribution in [2.24, 2.45) is 0 Å². The lowest BCUT2D eigenvalue weighted by atomic mass is 9.88. The molecule has 0 aliphatic carbocycles. The lowest BCUT2D eigenvalue weighted by molar-refractivity contribution is 0.000579. The van der Waals surface area contributed by atoms with E-state index >= 15 is 0 Å². The molecule has 0 aliphatic rings. The van der Waals surface area contributed by atoms with E-state index in [1.807, 2.05) is 0 Å². The molecule has 0 aromatic heterocycles. The van der Waals surface area contributed by atoms with Crippen LogP contribution in [0.2, 0.25) is 0 Å². The summed E-state index contributed by atoms with van der Waals surface area (Å²) >= 11 is 0. The van der Waals surface area contributed by atoms with E-state index in [1.165, 1.54) is 32.3 Å². The second-order valence-electron chi connectivity index (χ2n) is 9.78. The van der Waals surface area contributed by atoms with Gasteiger partial charge in [0.2, 0.25) is 0 Å². The largest absolute Gasteiger partial charge is 0.464 e. The number of rotatable bonds is 4. The maximum absolute atomic E-state index is 10.5. The van der Waals surface area contributed by atoms with E-state index in [9.17, 15) is 5.11 Å². The summed E-state index contributed by atoms with van der Waals surface area (Å²) in [5.41, 5.74) is 4.09. The van der Waals surface area contributed by atoms with Crippen molar-refractivity contribution in [3.63, 3.8) is 0 Å². The molecule has 182 valence electrons. The third-order valence-corrected chi connectivity index (χ3v) is 7.42. The number of aliphatic hydroxyl groups is 1. The van der Waals surface area contributed by atoms with Crippen LogP contribution in [0.4, 0.5) is 0 Å². The standard InChI is InChI=1S/C36H26O2/c1-23(37)38-36-32(34-21-24-11-2-4-13-26(24)28-15-6-8-17-30(28)34)19-10-20-33(36)35-22-25-12-3-5-14-27(25)29-16-7-9-18-31(29)35/h2-23,37H,1H3. The van der Waals surface area contributed by atoms with Crippen LogP contribution in [0, 0.1) is 0 Å². The Labute approximate surface area is 221 Å². The molecular formula is C36H26O2. The van der Waals surface area contributed by atoms with Gasteiger partial charge in [-0.05, 0) is 73.3 Å². The van der Waals surface area contributed by atoms with Gasteiger partial charge in [-0.3, -0.25) is 0 Å². The average Bonchev–Trinajstić information content (AvgIpc) is 2.96. The van der Waals surface area contributed by atoms with Crippen molar-refractivity contribution in [1.29, 1.82) is 0 Å². The van der Waals surface area contributed by atoms with Gasteiger partial charge in [0.15, 0.2) is 6.29 Å². The molecule has 0 amide bonds. The molecule has 2 heteroatoms. The monoisotopic (exact) mass is 490 g/mol. The second-order valence-corrected chi connectivity index (χ2v) is 9.78. The molecule has 0 bridgehead atoms. The van der Waals surface area contributed by atoms with Crippen LogP contribution in [0.15, 0.2) is 127 Å². The number of fused-ring (bicyclic) bond motifs is 6. The summed E-state index contributed by atoms with van der Waals surface area (Å²) in [5.74, 6) is 0.684. The van der Waals surface area contributed by atoms with E-state index in [-0.39, 0.29) is 0 Å². The fraction of sp³-hybridized carbons (Fsp3) is 0.0556. The van der Waals surface area contributed by atoms with E-state index < -0.39 is 6.29 Å². The molecule has 38 heavy (non-hydrogen) atoms. The van der Waals surface area contributed by atoms with Crippen molar-refractivity contribution in [2.75, 3.05) is 0 Å². The summed E-state index contributed by atoms with van der Waals surface area (Å²) in [6, 6.07) is 44.8. The third kappa shape index (κ3) is 3.61. The van der Waals surface area contributed by atoms with E-state index in [2.05, 4.69) is 127 Å². The van der Waals surface area contributed by atoms with E-state index in [0.29, 0.717) is 5.75 Å². The quantitative estimate of drug-likeness (QED) is 0.197. The molecule has 0 radical (unpaired) electrons. The van der Waals surface area contributed by atoms with Gasteiger partial charge >= 0.3 is 0 Å². The molecule has 7 aromatic carbocycles. The minimum absolute atomic E-state index is 0.684. The highest BCUT2D eigenvalue weighted by Crippen LogP contribution is 2.46. The molecule has 0 aliphatic heterocycles. The molecule has 0 spiro atoms. The molecule has 0 heterocycles. The first kappa shape index (κ1) is 22.5. The van der Waals surface area contributed by atoms with Crippen LogP contribution in [0.1, 0.15) is 6.92 Å². The van der Waals surface area contributed by atoms with Crippen LogP contribution in [0.25, 0.3) is 65.3 Å². The molecular weight excluding hydrogens is 464 g/mol. The van der Waals surface area contributed by atoms with Crippen LogP contribution >= 0.6 is 0 Å². The van der Waals surface area contributed by atoms with Crippen LogP contribution in [0.3, 0.4) is 0 Å². The predicted octanol–water partition coefficient (Wildman–Crippen LogP) is 9.35. The Hall–Kier alpha value is -4.66. The van der Waals surface area contributed by atoms with Gasteiger partial charge in [0.1, 0.15) is 5.75 Å². The number of benzene rings is 7. The highest BCUT2D eigenvalue weighted by atomic mass is 16.6. The molecule has 7 aromatic rings. The molecule has 1 N–H and O–H groups in total. The smallest absolute Gasteiger partial charge is 0.194 e. The molecule has 0 fully saturated rings. The maximum atomic E-state index is 10.5. The first-order chi connectivity index (χ1) is 18.7. The van der Waals surface area contributed by atoms with Crippen LogP contribution in [-0.4, -0.2) is 11.4 Å². The van der Waals surface area contributed by atoms with Gasteiger partial charge in [-0.15, -0.1) is 0 Å². The molecule has 0 saturated carbocycles. The lowest BCUT2D eigenvalue weighted by Crippen LogP contribution is -2.11. The maximum Gasteiger partial charge on any atom is 0.194 e. The Morgan fingerprint density at radius 3 is 1.29 bits per heavy atom. The highest BCUT2D eigenvalue weighted by Gasteiger charge is 2.20. The summed E-state index contributed by atoms with van der Waals surface area (Å²) in [4.78, 5) is 0. The lowest BCUT2D eigenvalue weighted by Gasteiger charge is -2.21. The number of aliphatic hydroxyl groups excluding tert-OH is 1. The summed E-state index contributed by atoms with van der Waals surface area (Å²) < 4.78 is 6.26. The Morgan fingerprint density at radius 1 is 0.447 bits per heavy atom. The summed E-state index contributed by atoms with van der Waals surface area (Å²) in [6.45, 7) is 1.66. The van der Waals surface area contributed by atoms with Crippen molar-refractivity contribution < 1.29 is 9.84 Å². The van der Waals surface area contributed by atoms with Crippen molar-refractivity contribution >= 4 is 43.1 Å². The SMILES string of the molecule is CC(O)Oc1c(-c2cc3ccccc3c3ccccc23)cccc1-c1cc2ccccc2c2ccccc12. The normalized spacial score (nSPS) is 12.4. The number of hydrogen-bond acceptors (Lipinski definition) is 2. The molecule has 0 saturated heterocycles. The number of hydrogen-bond donors (Lipinski definition) is 1. The number of ether oxygens (including phenoxy) is 1. The van der Waals surface area contributed by atoms with Gasteiger partial charge < -0.3 is 9.84 Å². The van der Waals surface area contributed by atoms with Gasteiger partial charge in [0.05, 0.1) is 0 Å². The highest BCUT2D eigenvalue weighted by molar-refractivity contribution is 6.16. The van der Waals surface area contributed by atoms with Crippen LogP contribution < -0.4 is 4.74 Å². The zero-order valence-electron chi connectivity index (χ0n) is 21.1. The molecule has 1 unspecified atom stereocenters. The fourth-order valence-corrected chi connectivity index (χ4v) is 5.81. The fourth-order valence-electron chi connectivity index (χ4n) is 5.81. The second kappa shape index (κ2) is 9.02. The topological polar surface area (TPSA) is 29.5 Å². The first-order valence-electron chi connectivity index (χ1n) is 13.0. The van der Waals surface area contributed by atoms with Gasteiger partial charge in [-0.2, -0.15) is 0 Å². The van der Waals surface area contributed by atoms with E-state index in [4.69, 9.17) is 4.74 Å². The van der Waals surface area contributed by atoms with Gasteiger partial charge in [0.25, 0.3) is 0 Å². The van der Waals surface area contributed by atoms with Gasteiger partial charge in [0, 0.05) is 11.1 Å².